The highest BCUT2D eigenvalue weighted by Crippen LogP contribution is 2.22. The standard InChI is InChI=1S/C18H21ClN2O3S/c1-12-5-6-13(17(22)20-18(2,3)4)11-16(12)21-25(23,24)15-9-7-14(19)8-10-15/h5-11,21H,1-4H3,(H,20,22). The van der Waals surface area contributed by atoms with Crippen LogP contribution in [0.1, 0.15) is 36.7 Å². The molecule has 0 radical (unpaired) electrons. The molecule has 0 aliphatic heterocycles. The van der Waals surface area contributed by atoms with Gasteiger partial charge in [0.1, 0.15) is 0 Å². The van der Waals surface area contributed by atoms with Crippen LogP contribution in [0, 0.1) is 6.92 Å². The molecule has 0 bridgehead atoms. The summed E-state index contributed by atoms with van der Waals surface area (Å²) in [6.07, 6.45) is 0. The Morgan fingerprint density at radius 2 is 1.64 bits per heavy atom. The van der Waals surface area contributed by atoms with Crippen LogP contribution in [0.5, 0.6) is 0 Å². The molecule has 0 aliphatic rings. The third-order valence-electron chi connectivity index (χ3n) is 3.36. The van der Waals surface area contributed by atoms with Gasteiger partial charge in [-0.3, -0.25) is 9.52 Å². The minimum Gasteiger partial charge on any atom is -0.347 e. The molecule has 5 nitrogen and oxygen atoms in total. The van der Waals surface area contributed by atoms with Crippen LogP contribution in [0.15, 0.2) is 47.4 Å². The summed E-state index contributed by atoms with van der Waals surface area (Å²) in [5, 5.41) is 3.31. The number of aryl methyl sites for hydroxylation is 1. The minimum atomic E-state index is -3.77. The molecule has 0 heterocycles. The second-order valence-electron chi connectivity index (χ2n) is 6.79. The highest BCUT2D eigenvalue weighted by atomic mass is 35.5. The summed E-state index contributed by atoms with van der Waals surface area (Å²) in [7, 11) is -3.77. The Kier molecular flexibility index (Phi) is 5.44. The van der Waals surface area contributed by atoms with E-state index in [4.69, 9.17) is 11.6 Å². The first kappa shape index (κ1) is 19.3. The Morgan fingerprint density at radius 3 is 2.20 bits per heavy atom. The lowest BCUT2D eigenvalue weighted by atomic mass is 10.1. The van der Waals surface area contributed by atoms with Gasteiger partial charge in [0.15, 0.2) is 0 Å². The topological polar surface area (TPSA) is 75.3 Å². The maximum atomic E-state index is 12.5. The average Bonchev–Trinajstić information content (AvgIpc) is 2.48. The van der Waals surface area contributed by atoms with Crippen LogP contribution >= 0.6 is 11.6 Å². The molecule has 0 unspecified atom stereocenters. The van der Waals surface area contributed by atoms with Crippen molar-refractivity contribution in [2.24, 2.45) is 0 Å². The van der Waals surface area contributed by atoms with Gasteiger partial charge in [0, 0.05) is 16.1 Å². The third kappa shape index (κ3) is 5.21. The summed E-state index contributed by atoms with van der Waals surface area (Å²) < 4.78 is 27.6. The zero-order chi connectivity index (χ0) is 18.8. The number of halogens is 1. The lowest BCUT2D eigenvalue weighted by Crippen LogP contribution is -2.40. The molecule has 2 aromatic carbocycles. The van der Waals surface area contributed by atoms with E-state index in [1.807, 2.05) is 20.8 Å². The number of hydrogen-bond donors (Lipinski definition) is 2. The Morgan fingerprint density at radius 1 is 1.04 bits per heavy atom. The Labute approximate surface area is 153 Å². The Hall–Kier alpha value is -2.05. The maximum Gasteiger partial charge on any atom is 0.261 e. The normalized spacial score (nSPS) is 11.9. The van der Waals surface area contributed by atoms with E-state index < -0.39 is 10.0 Å². The molecular formula is C18H21ClN2O3S. The first-order chi connectivity index (χ1) is 11.5. The molecule has 0 fully saturated rings. The third-order valence-corrected chi connectivity index (χ3v) is 4.99. The van der Waals surface area contributed by atoms with Crippen molar-refractivity contribution in [3.63, 3.8) is 0 Å². The fourth-order valence-electron chi connectivity index (χ4n) is 2.10. The molecule has 2 aromatic rings. The molecule has 0 aromatic heterocycles. The molecule has 25 heavy (non-hydrogen) atoms. The lowest BCUT2D eigenvalue weighted by molar-refractivity contribution is 0.0919. The van der Waals surface area contributed by atoms with Crippen LogP contribution in [0.3, 0.4) is 0 Å². The number of hydrogen-bond acceptors (Lipinski definition) is 3. The van der Waals surface area contributed by atoms with Crippen LogP contribution in [0.25, 0.3) is 0 Å². The smallest absolute Gasteiger partial charge is 0.261 e. The second-order valence-corrected chi connectivity index (χ2v) is 8.91. The lowest BCUT2D eigenvalue weighted by Gasteiger charge is -2.21. The summed E-state index contributed by atoms with van der Waals surface area (Å²) in [5.74, 6) is -0.264. The van der Waals surface area contributed by atoms with Crippen molar-refractivity contribution in [3.05, 3.63) is 58.6 Å². The van der Waals surface area contributed by atoms with Crippen LogP contribution in [-0.4, -0.2) is 19.9 Å². The zero-order valence-electron chi connectivity index (χ0n) is 14.6. The van der Waals surface area contributed by atoms with E-state index in [0.29, 0.717) is 21.8 Å². The van der Waals surface area contributed by atoms with E-state index in [1.54, 1.807) is 19.1 Å². The van der Waals surface area contributed by atoms with Gasteiger partial charge < -0.3 is 5.32 Å². The summed E-state index contributed by atoms with van der Waals surface area (Å²) >= 11 is 5.80. The molecule has 7 heteroatoms. The van der Waals surface area contributed by atoms with Crippen molar-refractivity contribution in [2.45, 2.75) is 38.1 Å². The van der Waals surface area contributed by atoms with E-state index in [2.05, 4.69) is 10.0 Å². The fraction of sp³-hybridized carbons (Fsp3) is 0.278. The van der Waals surface area contributed by atoms with Crippen LogP contribution in [0.2, 0.25) is 5.02 Å². The van der Waals surface area contributed by atoms with E-state index in [1.165, 1.54) is 30.3 Å². The van der Waals surface area contributed by atoms with Crippen molar-refractivity contribution in [3.8, 4) is 0 Å². The van der Waals surface area contributed by atoms with Gasteiger partial charge in [-0.1, -0.05) is 17.7 Å². The summed E-state index contributed by atoms with van der Waals surface area (Å²) in [4.78, 5) is 12.4. The van der Waals surface area contributed by atoms with Gasteiger partial charge in [-0.2, -0.15) is 0 Å². The van der Waals surface area contributed by atoms with Crippen molar-refractivity contribution >= 4 is 33.2 Å². The van der Waals surface area contributed by atoms with Crippen LogP contribution in [0.4, 0.5) is 5.69 Å². The van der Waals surface area contributed by atoms with E-state index in [9.17, 15) is 13.2 Å². The molecule has 0 atom stereocenters. The van der Waals surface area contributed by atoms with Gasteiger partial charge in [0.2, 0.25) is 0 Å². The number of rotatable bonds is 4. The molecule has 0 spiro atoms. The fourth-order valence-corrected chi connectivity index (χ4v) is 3.35. The molecule has 0 saturated carbocycles. The quantitative estimate of drug-likeness (QED) is 0.842. The first-order valence-electron chi connectivity index (χ1n) is 7.69. The number of carbonyl (C=O) groups excluding carboxylic acids is 1. The SMILES string of the molecule is Cc1ccc(C(=O)NC(C)(C)C)cc1NS(=O)(=O)c1ccc(Cl)cc1. The summed E-state index contributed by atoms with van der Waals surface area (Å²) in [5.41, 5.74) is 1.07. The van der Waals surface area contributed by atoms with Gasteiger partial charge in [-0.05, 0) is 69.7 Å². The molecular weight excluding hydrogens is 360 g/mol. The van der Waals surface area contributed by atoms with Crippen LogP contribution in [-0.2, 0) is 10.0 Å². The van der Waals surface area contributed by atoms with Crippen molar-refractivity contribution in [1.82, 2.24) is 5.32 Å². The predicted molar refractivity (Wildman–Crippen MR) is 101 cm³/mol. The predicted octanol–water partition coefficient (Wildman–Crippen LogP) is 3.98. The number of benzene rings is 2. The number of sulfonamides is 1. The second kappa shape index (κ2) is 7.06. The van der Waals surface area contributed by atoms with E-state index >= 15 is 0 Å². The molecule has 2 rings (SSSR count). The van der Waals surface area contributed by atoms with Crippen LogP contribution < -0.4 is 10.0 Å². The largest absolute Gasteiger partial charge is 0.347 e. The average molecular weight is 381 g/mol. The number of anilines is 1. The van der Waals surface area contributed by atoms with Crippen molar-refractivity contribution < 1.29 is 13.2 Å². The zero-order valence-corrected chi connectivity index (χ0v) is 16.1. The summed E-state index contributed by atoms with van der Waals surface area (Å²) in [6, 6.07) is 10.8. The monoisotopic (exact) mass is 380 g/mol. The molecule has 134 valence electrons. The molecule has 0 saturated heterocycles. The van der Waals surface area contributed by atoms with Gasteiger partial charge in [-0.15, -0.1) is 0 Å². The number of amides is 1. The number of nitrogens with one attached hydrogen (secondary N) is 2. The molecule has 0 aliphatic carbocycles. The van der Waals surface area contributed by atoms with Gasteiger partial charge >= 0.3 is 0 Å². The maximum absolute atomic E-state index is 12.5. The Bertz CT molecular complexity index is 886. The highest BCUT2D eigenvalue weighted by Gasteiger charge is 2.19. The van der Waals surface area contributed by atoms with E-state index in [0.717, 1.165) is 0 Å². The van der Waals surface area contributed by atoms with Gasteiger partial charge in [-0.25, -0.2) is 8.42 Å². The van der Waals surface area contributed by atoms with Crippen molar-refractivity contribution in [1.29, 1.82) is 0 Å². The van der Waals surface area contributed by atoms with E-state index in [-0.39, 0.29) is 16.3 Å². The highest BCUT2D eigenvalue weighted by molar-refractivity contribution is 7.92. The van der Waals surface area contributed by atoms with Gasteiger partial charge in [0.25, 0.3) is 15.9 Å². The summed E-state index contributed by atoms with van der Waals surface area (Å²) in [6.45, 7) is 7.40. The first-order valence-corrected chi connectivity index (χ1v) is 9.56. The Balaban J connectivity index is 2.31. The van der Waals surface area contributed by atoms with Gasteiger partial charge in [0.05, 0.1) is 10.6 Å². The molecule has 2 N–H and O–H groups in total. The number of carbonyl (C=O) groups is 1. The van der Waals surface area contributed by atoms with Crippen molar-refractivity contribution in [2.75, 3.05) is 4.72 Å². The minimum absolute atomic E-state index is 0.0980. The molecule has 1 amide bonds.